The maximum Gasteiger partial charge on any atom is 0.469 e. The van der Waals surface area contributed by atoms with Crippen LogP contribution in [0.25, 0.3) is 10.9 Å². The number of phosphoric acid groups is 1. The van der Waals surface area contributed by atoms with Crippen LogP contribution in [0.1, 0.15) is 12.0 Å². The van der Waals surface area contributed by atoms with Gasteiger partial charge in [-0.25, -0.2) is 19.3 Å². The van der Waals surface area contributed by atoms with Gasteiger partial charge in [0, 0.05) is 68.6 Å². The minimum atomic E-state index is -4.42. The molecule has 15 heteroatoms. The number of urea groups is 1. The minimum absolute atomic E-state index is 0.0143. The number of nitrogens with zero attached hydrogens (tertiary/aromatic N) is 4. The molecule has 1 fully saturated rings. The molecule has 5 rings (SSSR count). The van der Waals surface area contributed by atoms with Crippen molar-refractivity contribution in [3.05, 3.63) is 78.6 Å². The number of benzene rings is 3. The Kier molecular flexibility index (Phi) is 12.5. The molecule has 256 valence electrons. The Bertz CT molecular complexity index is 1670. The molecule has 0 bridgehead atoms. The predicted molar refractivity (Wildman–Crippen MR) is 185 cm³/mol. The number of fused-ring (bicyclic) bond motifs is 1. The summed E-state index contributed by atoms with van der Waals surface area (Å²) in [6.45, 7) is 5.93. The summed E-state index contributed by atoms with van der Waals surface area (Å²) in [7, 11) is -2.81. The molecule has 48 heavy (non-hydrogen) atoms. The number of hydrogen-bond donors (Lipinski definition) is 5. The Hall–Kier alpha value is -4.30. The summed E-state index contributed by atoms with van der Waals surface area (Å²) in [6, 6.07) is 20.5. The molecule has 0 saturated carbocycles. The van der Waals surface area contributed by atoms with Crippen LogP contribution in [0.15, 0.2) is 73.1 Å². The molecule has 0 unspecified atom stereocenters. The van der Waals surface area contributed by atoms with Crippen molar-refractivity contribution < 1.29 is 33.1 Å². The van der Waals surface area contributed by atoms with E-state index >= 15 is 0 Å². The van der Waals surface area contributed by atoms with E-state index in [0.29, 0.717) is 42.7 Å². The van der Waals surface area contributed by atoms with Crippen molar-refractivity contribution >= 4 is 41.9 Å². The zero-order valence-corrected chi connectivity index (χ0v) is 27.8. The summed E-state index contributed by atoms with van der Waals surface area (Å²) in [6.07, 6.45) is 3.11. The third kappa shape index (κ3) is 10.9. The quantitative estimate of drug-likeness (QED) is 0.0835. The van der Waals surface area contributed by atoms with Gasteiger partial charge in [0.2, 0.25) is 0 Å². The second-order valence-corrected chi connectivity index (χ2v) is 12.5. The Morgan fingerprint density at radius 3 is 2.25 bits per heavy atom. The molecule has 2 amide bonds. The number of methoxy groups -OCH3 is 1. The van der Waals surface area contributed by atoms with E-state index in [4.69, 9.17) is 19.3 Å². The van der Waals surface area contributed by atoms with Crippen LogP contribution in [0.3, 0.4) is 0 Å². The molecule has 1 aromatic heterocycles. The molecule has 14 nitrogen and oxygen atoms in total. The number of phosphoric ester groups is 1. The lowest BCUT2D eigenvalue weighted by Crippen LogP contribution is -2.47. The minimum Gasteiger partial charge on any atom is -0.493 e. The van der Waals surface area contributed by atoms with Gasteiger partial charge in [-0.2, -0.15) is 0 Å². The maximum absolute atomic E-state index is 12.3. The molecule has 1 aliphatic heterocycles. The summed E-state index contributed by atoms with van der Waals surface area (Å²) in [5.41, 5.74) is 3.28. The number of ether oxygens (including phenoxy) is 2. The molecule has 0 spiro atoms. The molecule has 0 aliphatic carbocycles. The van der Waals surface area contributed by atoms with Gasteiger partial charge in [-0.05, 0) is 48.7 Å². The zero-order chi connectivity index (χ0) is 33.8. The first-order valence-electron chi connectivity index (χ1n) is 15.8. The van der Waals surface area contributed by atoms with Crippen LogP contribution >= 0.6 is 7.82 Å². The van der Waals surface area contributed by atoms with E-state index in [9.17, 15) is 9.36 Å². The Morgan fingerprint density at radius 2 is 1.56 bits per heavy atom. The van der Waals surface area contributed by atoms with Crippen LogP contribution in [-0.2, 0) is 15.5 Å². The van der Waals surface area contributed by atoms with Gasteiger partial charge in [0.1, 0.15) is 12.1 Å². The van der Waals surface area contributed by atoms with Gasteiger partial charge in [-0.3, -0.25) is 9.42 Å². The Balaban J connectivity index is 1.06. The third-order valence-electron chi connectivity index (χ3n) is 7.88. The van der Waals surface area contributed by atoms with E-state index in [1.165, 1.54) is 6.33 Å². The highest BCUT2D eigenvalue weighted by Crippen LogP contribution is 2.35. The molecule has 4 aromatic rings. The maximum atomic E-state index is 12.3. The average molecular weight is 680 g/mol. The first-order chi connectivity index (χ1) is 23.3. The number of hydrogen-bond acceptors (Lipinski definition) is 10. The van der Waals surface area contributed by atoms with E-state index in [2.05, 4.69) is 40.2 Å². The highest BCUT2D eigenvalue weighted by molar-refractivity contribution is 7.46. The van der Waals surface area contributed by atoms with E-state index in [1.807, 2.05) is 66.7 Å². The molecule has 0 atom stereocenters. The van der Waals surface area contributed by atoms with Crippen LogP contribution < -0.4 is 25.4 Å². The van der Waals surface area contributed by atoms with Crippen molar-refractivity contribution in [2.24, 2.45) is 0 Å². The van der Waals surface area contributed by atoms with E-state index in [1.54, 1.807) is 7.11 Å². The van der Waals surface area contributed by atoms with Gasteiger partial charge in [-0.1, -0.05) is 30.3 Å². The molecule has 3 aromatic carbocycles. The van der Waals surface area contributed by atoms with Crippen LogP contribution in [0.2, 0.25) is 0 Å². The number of aromatic nitrogens is 2. The van der Waals surface area contributed by atoms with Gasteiger partial charge < -0.3 is 40.1 Å². The second-order valence-electron chi connectivity index (χ2n) is 11.3. The molecule has 5 N–H and O–H groups in total. The van der Waals surface area contributed by atoms with Gasteiger partial charge in [0.15, 0.2) is 11.5 Å². The average Bonchev–Trinajstić information content (AvgIpc) is 3.07. The number of anilines is 3. The fraction of sp³-hybridized carbons (Fsp3) is 0.364. The smallest absolute Gasteiger partial charge is 0.469 e. The SMILES string of the molecule is COc1cc2c(NCCc3ccc(NC(=O)Nc4ccccc4)cc3)ncnc2cc1OCCCN1CCN(CCOP(=O)(O)O)CC1. The molecule has 1 aliphatic rings. The lowest BCUT2D eigenvalue weighted by atomic mass is 10.1. The van der Waals surface area contributed by atoms with E-state index < -0.39 is 7.82 Å². The number of piperazine rings is 1. The van der Waals surface area contributed by atoms with E-state index in [0.717, 1.165) is 67.7 Å². The van der Waals surface area contributed by atoms with Crippen molar-refractivity contribution in [3.63, 3.8) is 0 Å². The lowest BCUT2D eigenvalue weighted by Gasteiger charge is -2.34. The highest BCUT2D eigenvalue weighted by Gasteiger charge is 2.19. The predicted octanol–water partition coefficient (Wildman–Crippen LogP) is 4.43. The fourth-order valence-corrected chi connectivity index (χ4v) is 5.69. The number of nitrogens with one attached hydrogen (secondary N) is 3. The first-order valence-corrected chi connectivity index (χ1v) is 17.3. The first kappa shape index (κ1) is 35.0. The Morgan fingerprint density at radius 1 is 0.875 bits per heavy atom. The molecule has 2 heterocycles. The highest BCUT2D eigenvalue weighted by atomic mass is 31.2. The largest absolute Gasteiger partial charge is 0.493 e. The third-order valence-corrected chi connectivity index (χ3v) is 8.40. The van der Waals surface area contributed by atoms with Crippen molar-refractivity contribution in [1.82, 2.24) is 19.8 Å². The fourth-order valence-electron chi connectivity index (χ4n) is 5.37. The molecule has 1 saturated heterocycles. The standard InChI is InChI=1S/C33H42N7O7P/c1-45-30-22-28-29(23-31(30)46-20-5-14-39-15-17-40(18-16-39)19-21-47-48(42,43)44)35-24-36-32(28)34-13-12-25-8-10-27(11-9-25)38-33(41)37-26-6-3-2-4-7-26/h2-4,6-11,22-24H,5,12-21H2,1H3,(H,34,35,36)(H2,37,38,41)(H2,42,43,44). The van der Waals surface area contributed by atoms with Gasteiger partial charge in [0.25, 0.3) is 0 Å². The zero-order valence-electron chi connectivity index (χ0n) is 26.9. The number of para-hydroxylation sites is 1. The van der Waals surface area contributed by atoms with Crippen LogP contribution in [0.5, 0.6) is 11.5 Å². The number of rotatable bonds is 16. The van der Waals surface area contributed by atoms with Gasteiger partial charge in [0.05, 0.1) is 25.8 Å². The summed E-state index contributed by atoms with van der Waals surface area (Å²) in [5.74, 6) is 1.93. The Labute approximate surface area is 279 Å². The van der Waals surface area contributed by atoms with Gasteiger partial charge >= 0.3 is 13.9 Å². The second kappa shape index (κ2) is 17.2. The van der Waals surface area contributed by atoms with Crippen molar-refractivity contribution in [2.45, 2.75) is 12.8 Å². The molecular formula is C33H42N7O7P. The van der Waals surface area contributed by atoms with Crippen LogP contribution in [0, 0.1) is 0 Å². The lowest BCUT2D eigenvalue weighted by molar-refractivity contribution is 0.103. The number of amides is 2. The van der Waals surface area contributed by atoms with Crippen molar-refractivity contribution in [1.29, 1.82) is 0 Å². The summed E-state index contributed by atoms with van der Waals surface area (Å²) < 4.78 is 27.2. The van der Waals surface area contributed by atoms with Gasteiger partial charge in [-0.15, -0.1) is 0 Å². The van der Waals surface area contributed by atoms with E-state index in [-0.39, 0.29) is 12.6 Å². The van der Waals surface area contributed by atoms with Crippen molar-refractivity contribution in [2.75, 3.05) is 82.1 Å². The monoisotopic (exact) mass is 679 g/mol. The van der Waals surface area contributed by atoms with Crippen molar-refractivity contribution in [3.8, 4) is 11.5 Å². The summed E-state index contributed by atoms with van der Waals surface area (Å²) in [4.78, 5) is 43.3. The number of carbonyl (C=O) groups excluding carboxylic acids is 1. The molecule has 0 radical (unpaired) electrons. The normalized spacial score (nSPS) is 14.1. The topological polar surface area (TPSA) is 171 Å². The van der Waals surface area contributed by atoms with Crippen LogP contribution in [0.4, 0.5) is 22.0 Å². The molecular weight excluding hydrogens is 637 g/mol. The summed E-state index contributed by atoms with van der Waals surface area (Å²) >= 11 is 0. The van der Waals surface area contributed by atoms with Crippen LogP contribution in [-0.4, -0.2) is 102 Å². The summed E-state index contributed by atoms with van der Waals surface area (Å²) in [5, 5.41) is 9.89. The number of carbonyl (C=O) groups is 1.